The molecule has 1 atom stereocenters. The zero-order valence-electron chi connectivity index (χ0n) is 12.6. The molecule has 1 fully saturated rings. The lowest BCUT2D eigenvalue weighted by Gasteiger charge is -2.31. The minimum Gasteiger partial charge on any atom is -0.466 e. The number of nitrogens with one attached hydrogen (secondary N) is 1. The largest absolute Gasteiger partial charge is 0.466 e. The summed E-state index contributed by atoms with van der Waals surface area (Å²) < 4.78 is 4.81. The summed E-state index contributed by atoms with van der Waals surface area (Å²) in [5, 5.41) is 3.01. The third-order valence-corrected chi connectivity index (χ3v) is 3.49. The predicted octanol–water partition coefficient (Wildman–Crippen LogP) is -0.357. The predicted molar refractivity (Wildman–Crippen MR) is 77.2 cm³/mol. The lowest BCUT2D eigenvalue weighted by Crippen LogP contribution is -2.47. The van der Waals surface area contributed by atoms with Crippen LogP contribution in [0.1, 0.15) is 32.6 Å². The molecule has 0 aliphatic carbocycles. The van der Waals surface area contributed by atoms with Crippen molar-refractivity contribution in [2.24, 2.45) is 11.7 Å². The van der Waals surface area contributed by atoms with Crippen molar-refractivity contribution in [3.05, 3.63) is 0 Å². The van der Waals surface area contributed by atoms with Gasteiger partial charge in [0.1, 0.15) is 0 Å². The maximum Gasteiger partial charge on any atom is 0.305 e. The van der Waals surface area contributed by atoms with Gasteiger partial charge < -0.3 is 20.7 Å². The summed E-state index contributed by atoms with van der Waals surface area (Å²) in [5.74, 6) is -0.815. The van der Waals surface area contributed by atoms with Gasteiger partial charge in [-0.1, -0.05) is 0 Å². The summed E-state index contributed by atoms with van der Waals surface area (Å²) in [7, 11) is 0. The number of piperidine rings is 1. The average Bonchev–Trinajstić information content (AvgIpc) is 2.47. The third-order valence-electron chi connectivity index (χ3n) is 3.49. The highest BCUT2D eigenvalue weighted by molar-refractivity contribution is 5.81. The molecule has 21 heavy (non-hydrogen) atoms. The smallest absolute Gasteiger partial charge is 0.305 e. The van der Waals surface area contributed by atoms with Gasteiger partial charge in [-0.3, -0.25) is 14.4 Å². The van der Waals surface area contributed by atoms with Crippen LogP contribution in [0.4, 0.5) is 0 Å². The number of amides is 2. The first-order valence-electron chi connectivity index (χ1n) is 7.48. The molecule has 1 rings (SSSR count). The normalized spacial score (nSPS) is 18.3. The summed E-state index contributed by atoms with van der Waals surface area (Å²) in [5.41, 5.74) is 5.29. The third kappa shape index (κ3) is 6.57. The zero-order chi connectivity index (χ0) is 15.7. The number of carbonyl (C=O) groups excluding carboxylic acids is 3. The molecular formula is C14H25N3O4. The van der Waals surface area contributed by atoms with Gasteiger partial charge in [0, 0.05) is 19.5 Å². The van der Waals surface area contributed by atoms with Gasteiger partial charge >= 0.3 is 5.97 Å². The number of primary amides is 1. The molecular weight excluding hydrogens is 274 g/mol. The highest BCUT2D eigenvalue weighted by atomic mass is 16.5. The molecule has 0 radical (unpaired) electrons. The van der Waals surface area contributed by atoms with Crippen molar-refractivity contribution in [3.63, 3.8) is 0 Å². The summed E-state index contributed by atoms with van der Waals surface area (Å²) in [6.45, 7) is 4.05. The molecule has 3 N–H and O–H groups in total. The van der Waals surface area contributed by atoms with Crippen LogP contribution in [-0.4, -0.2) is 55.5 Å². The fourth-order valence-corrected chi connectivity index (χ4v) is 2.33. The first-order valence-corrected chi connectivity index (χ1v) is 7.48. The molecule has 0 aromatic heterocycles. The number of nitrogens with two attached hydrogens (primary N) is 1. The monoisotopic (exact) mass is 299 g/mol. The Balaban J connectivity index is 2.16. The Morgan fingerprint density at radius 3 is 2.81 bits per heavy atom. The van der Waals surface area contributed by atoms with E-state index in [1.54, 1.807) is 11.8 Å². The number of likely N-dealkylation sites (tertiary alicyclic amines) is 1. The van der Waals surface area contributed by atoms with Crippen LogP contribution in [0, 0.1) is 5.92 Å². The van der Waals surface area contributed by atoms with Crippen molar-refractivity contribution in [1.29, 1.82) is 0 Å². The summed E-state index contributed by atoms with van der Waals surface area (Å²) in [6.07, 6.45) is 2.55. The standard InChI is InChI=1S/C14H25N3O4/c1-2-21-13(19)6-3-7-16-9-12(18)17-8-4-5-11(10-17)14(15)20/h11,16H,2-10H2,1H3,(H2,15,20). The van der Waals surface area contributed by atoms with Crippen LogP contribution in [0.2, 0.25) is 0 Å². The molecule has 1 heterocycles. The Kier molecular flexibility index (Phi) is 7.74. The number of hydrogen-bond acceptors (Lipinski definition) is 5. The number of esters is 1. The minimum absolute atomic E-state index is 0.0305. The minimum atomic E-state index is -0.338. The second-order valence-electron chi connectivity index (χ2n) is 5.17. The Bertz CT molecular complexity index is 373. The molecule has 7 nitrogen and oxygen atoms in total. The molecule has 1 aliphatic rings. The van der Waals surface area contributed by atoms with E-state index >= 15 is 0 Å². The number of carbonyl (C=O) groups is 3. The number of rotatable bonds is 8. The lowest BCUT2D eigenvalue weighted by molar-refractivity contribution is -0.143. The average molecular weight is 299 g/mol. The van der Waals surface area contributed by atoms with Gasteiger partial charge in [-0.2, -0.15) is 0 Å². The number of nitrogens with zero attached hydrogens (tertiary/aromatic N) is 1. The number of hydrogen-bond donors (Lipinski definition) is 2. The van der Waals surface area contributed by atoms with E-state index in [0.29, 0.717) is 39.1 Å². The van der Waals surface area contributed by atoms with Gasteiger partial charge in [-0.25, -0.2) is 0 Å². The topological polar surface area (TPSA) is 102 Å². The first-order chi connectivity index (χ1) is 10.0. The molecule has 0 aromatic carbocycles. The molecule has 1 saturated heterocycles. The van der Waals surface area contributed by atoms with Crippen LogP contribution in [0.25, 0.3) is 0 Å². The van der Waals surface area contributed by atoms with Crippen LogP contribution in [-0.2, 0) is 19.1 Å². The second-order valence-corrected chi connectivity index (χ2v) is 5.17. The highest BCUT2D eigenvalue weighted by Crippen LogP contribution is 2.15. The van der Waals surface area contributed by atoms with Gasteiger partial charge in [0.15, 0.2) is 0 Å². The molecule has 7 heteroatoms. The van der Waals surface area contributed by atoms with Gasteiger partial charge in [0.2, 0.25) is 11.8 Å². The van der Waals surface area contributed by atoms with Crippen molar-refractivity contribution in [2.45, 2.75) is 32.6 Å². The van der Waals surface area contributed by atoms with E-state index in [9.17, 15) is 14.4 Å². The SMILES string of the molecule is CCOC(=O)CCCNCC(=O)N1CCCC(C(N)=O)C1. The van der Waals surface area contributed by atoms with Crippen molar-refractivity contribution in [1.82, 2.24) is 10.2 Å². The molecule has 1 unspecified atom stereocenters. The van der Waals surface area contributed by atoms with Crippen LogP contribution in [0.15, 0.2) is 0 Å². The molecule has 2 amide bonds. The lowest BCUT2D eigenvalue weighted by atomic mass is 9.97. The van der Waals surface area contributed by atoms with Crippen LogP contribution in [0.5, 0.6) is 0 Å². The molecule has 0 saturated carbocycles. The van der Waals surface area contributed by atoms with Crippen molar-refractivity contribution in [3.8, 4) is 0 Å². The van der Waals surface area contributed by atoms with Crippen molar-refractivity contribution in [2.75, 3.05) is 32.8 Å². The summed E-state index contributed by atoms with van der Waals surface area (Å²) >= 11 is 0. The quantitative estimate of drug-likeness (QED) is 0.471. The van der Waals surface area contributed by atoms with E-state index in [4.69, 9.17) is 10.5 Å². The van der Waals surface area contributed by atoms with E-state index in [1.165, 1.54) is 0 Å². The molecule has 0 bridgehead atoms. The van der Waals surface area contributed by atoms with E-state index in [0.717, 1.165) is 12.8 Å². The molecule has 120 valence electrons. The Hall–Kier alpha value is -1.63. The number of ether oxygens (including phenoxy) is 1. The second kappa shape index (κ2) is 9.33. The van der Waals surface area contributed by atoms with Crippen molar-refractivity contribution < 1.29 is 19.1 Å². The molecule has 0 spiro atoms. The fraction of sp³-hybridized carbons (Fsp3) is 0.786. The summed E-state index contributed by atoms with van der Waals surface area (Å²) in [4.78, 5) is 35.9. The fourth-order valence-electron chi connectivity index (χ4n) is 2.33. The maximum atomic E-state index is 12.0. The van der Waals surface area contributed by atoms with E-state index in [2.05, 4.69) is 5.32 Å². The van der Waals surface area contributed by atoms with E-state index < -0.39 is 0 Å². The van der Waals surface area contributed by atoms with Gasteiger partial charge in [0.05, 0.1) is 19.1 Å². The van der Waals surface area contributed by atoms with Crippen molar-refractivity contribution >= 4 is 17.8 Å². The van der Waals surface area contributed by atoms with Crippen LogP contribution >= 0.6 is 0 Å². The van der Waals surface area contributed by atoms with E-state index in [1.807, 2.05) is 0 Å². The van der Waals surface area contributed by atoms with Crippen LogP contribution in [0.3, 0.4) is 0 Å². The Morgan fingerprint density at radius 2 is 2.14 bits per heavy atom. The molecule has 1 aliphatic heterocycles. The van der Waals surface area contributed by atoms with Crippen LogP contribution < -0.4 is 11.1 Å². The maximum absolute atomic E-state index is 12.0. The zero-order valence-corrected chi connectivity index (χ0v) is 12.6. The first kappa shape index (κ1) is 17.4. The van der Waals surface area contributed by atoms with Gasteiger partial charge in [-0.15, -0.1) is 0 Å². The summed E-state index contributed by atoms with van der Waals surface area (Å²) in [6, 6.07) is 0. The highest BCUT2D eigenvalue weighted by Gasteiger charge is 2.26. The molecule has 0 aromatic rings. The Labute approximate surface area is 125 Å². The van der Waals surface area contributed by atoms with E-state index in [-0.39, 0.29) is 30.2 Å². The van der Waals surface area contributed by atoms with Gasteiger partial charge in [0.25, 0.3) is 0 Å². The van der Waals surface area contributed by atoms with Gasteiger partial charge in [-0.05, 0) is 32.7 Å². The Morgan fingerprint density at radius 1 is 1.38 bits per heavy atom.